The topological polar surface area (TPSA) is 59.0 Å². The second kappa shape index (κ2) is 6.09. The zero-order chi connectivity index (χ0) is 15.8. The number of aryl methyl sites for hydroxylation is 1. The van der Waals surface area contributed by atoms with Gasteiger partial charge in [-0.3, -0.25) is 9.48 Å². The van der Waals surface area contributed by atoms with E-state index in [1.54, 1.807) is 22.2 Å². The minimum atomic E-state index is -0.0488. The molecule has 122 valence electrons. The molecule has 2 unspecified atom stereocenters. The zero-order valence-electron chi connectivity index (χ0n) is 13.3. The van der Waals surface area contributed by atoms with Gasteiger partial charge in [-0.2, -0.15) is 5.10 Å². The van der Waals surface area contributed by atoms with Crippen molar-refractivity contribution in [1.29, 1.82) is 0 Å². The first-order valence-electron chi connectivity index (χ1n) is 8.41. The Morgan fingerprint density at radius 2 is 2.35 bits per heavy atom. The second-order valence-corrected chi connectivity index (χ2v) is 7.46. The largest absolute Gasteiger partial charge is 0.319 e. The van der Waals surface area contributed by atoms with E-state index in [9.17, 15) is 4.79 Å². The molecule has 2 N–H and O–H groups in total. The van der Waals surface area contributed by atoms with E-state index in [0.717, 1.165) is 23.8 Å². The first kappa shape index (κ1) is 14.9. The lowest BCUT2D eigenvalue weighted by Crippen LogP contribution is -2.37. The van der Waals surface area contributed by atoms with E-state index in [1.807, 2.05) is 18.5 Å². The summed E-state index contributed by atoms with van der Waals surface area (Å²) in [6, 6.07) is 3.41. The molecule has 0 aliphatic heterocycles. The minimum absolute atomic E-state index is 0.0488. The molecular weight excluding hydrogens is 308 g/mol. The number of rotatable bonds is 6. The van der Waals surface area contributed by atoms with Crippen molar-refractivity contribution < 1.29 is 4.79 Å². The highest BCUT2D eigenvalue weighted by Crippen LogP contribution is 2.44. The number of aromatic nitrogens is 2. The summed E-state index contributed by atoms with van der Waals surface area (Å²) in [6.45, 7) is 2.82. The summed E-state index contributed by atoms with van der Waals surface area (Å²) < 4.78 is 1.80. The summed E-state index contributed by atoms with van der Waals surface area (Å²) in [7, 11) is 0. The summed E-state index contributed by atoms with van der Waals surface area (Å²) in [5, 5.41) is 12.8. The van der Waals surface area contributed by atoms with Crippen LogP contribution in [0.4, 0.5) is 5.69 Å². The van der Waals surface area contributed by atoms with E-state index in [0.29, 0.717) is 12.0 Å². The molecule has 2 aliphatic rings. The Morgan fingerprint density at radius 3 is 3.04 bits per heavy atom. The third kappa shape index (κ3) is 3.19. The molecule has 2 fully saturated rings. The molecule has 2 aliphatic carbocycles. The molecule has 2 aromatic heterocycles. The van der Waals surface area contributed by atoms with E-state index in [4.69, 9.17) is 0 Å². The highest BCUT2D eigenvalue weighted by atomic mass is 32.1. The molecule has 2 aromatic rings. The number of hydrogen-bond donors (Lipinski definition) is 2. The Bertz CT molecular complexity index is 703. The molecule has 0 spiro atoms. The van der Waals surface area contributed by atoms with Crippen molar-refractivity contribution in [2.75, 3.05) is 5.32 Å². The van der Waals surface area contributed by atoms with Crippen LogP contribution in [-0.4, -0.2) is 27.8 Å². The lowest BCUT2D eigenvalue weighted by Gasteiger charge is -2.26. The molecule has 6 heteroatoms. The van der Waals surface area contributed by atoms with Gasteiger partial charge in [0, 0.05) is 41.0 Å². The Morgan fingerprint density at radius 1 is 1.48 bits per heavy atom. The van der Waals surface area contributed by atoms with Crippen LogP contribution in [0.3, 0.4) is 0 Å². The normalized spacial score (nSPS) is 23.5. The number of amides is 1. The highest BCUT2D eigenvalue weighted by Gasteiger charge is 2.41. The Hall–Kier alpha value is -1.66. The standard InChI is InChI=1S/C17H22N4OS/c1-2-21-9-13(8-18-21)20-17(22)11-6-16(23-10-11)14-7-15(14)19-12-4-3-5-12/h6,8-10,12,14-15,19H,2-5,7H2,1H3,(H,20,22). The molecule has 2 atom stereocenters. The fraction of sp³-hybridized carbons (Fsp3) is 0.529. The summed E-state index contributed by atoms with van der Waals surface area (Å²) in [6.07, 6.45) is 8.77. The van der Waals surface area contributed by atoms with Gasteiger partial charge in [0.05, 0.1) is 17.4 Å². The van der Waals surface area contributed by atoms with Crippen molar-refractivity contribution in [1.82, 2.24) is 15.1 Å². The fourth-order valence-electron chi connectivity index (χ4n) is 3.04. The van der Waals surface area contributed by atoms with Crippen LogP contribution < -0.4 is 10.6 Å². The molecule has 4 rings (SSSR count). The minimum Gasteiger partial charge on any atom is -0.319 e. The first-order chi connectivity index (χ1) is 11.2. The van der Waals surface area contributed by atoms with E-state index >= 15 is 0 Å². The van der Waals surface area contributed by atoms with E-state index in [2.05, 4.69) is 21.8 Å². The molecule has 2 saturated carbocycles. The average Bonchev–Trinajstić information content (AvgIpc) is 2.92. The third-order valence-corrected chi connectivity index (χ3v) is 5.87. The van der Waals surface area contributed by atoms with Crippen molar-refractivity contribution in [2.45, 2.75) is 57.2 Å². The van der Waals surface area contributed by atoms with Crippen LogP contribution in [0.25, 0.3) is 0 Å². The Kier molecular flexibility index (Phi) is 3.95. The number of anilines is 1. The Labute approximate surface area is 140 Å². The highest BCUT2D eigenvalue weighted by molar-refractivity contribution is 7.10. The third-order valence-electron chi connectivity index (χ3n) is 4.81. The van der Waals surface area contributed by atoms with Gasteiger partial charge in [0.15, 0.2) is 0 Å². The molecule has 0 saturated heterocycles. The second-order valence-electron chi connectivity index (χ2n) is 6.52. The molecule has 23 heavy (non-hydrogen) atoms. The Balaban J connectivity index is 1.35. The number of carbonyl (C=O) groups excluding carboxylic acids is 1. The van der Waals surface area contributed by atoms with Gasteiger partial charge in [-0.05, 0) is 32.3 Å². The number of nitrogens with zero attached hydrogens (tertiary/aromatic N) is 2. The molecule has 0 aromatic carbocycles. The summed E-state index contributed by atoms with van der Waals surface area (Å²) >= 11 is 1.70. The van der Waals surface area contributed by atoms with Gasteiger partial charge in [0.2, 0.25) is 0 Å². The van der Waals surface area contributed by atoms with Gasteiger partial charge < -0.3 is 10.6 Å². The van der Waals surface area contributed by atoms with Gasteiger partial charge in [0.1, 0.15) is 0 Å². The van der Waals surface area contributed by atoms with Crippen LogP contribution in [0, 0.1) is 0 Å². The predicted octanol–water partition coefficient (Wildman–Crippen LogP) is 3.21. The summed E-state index contributed by atoms with van der Waals surface area (Å²) in [4.78, 5) is 13.7. The van der Waals surface area contributed by atoms with Crippen LogP contribution in [0.2, 0.25) is 0 Å². The first-order valence-corrected chi connectivity index (χ1v) is 9.29. The van der Waals surface area contributed by atoms with Crippen LogP contribution in [0.15, 0.2) is 23.8 Å². The van der Waals surface area contributed by atoms with Crippen LogP contribution >= 0.6 is 11.3 Å². The summed E-state index contributed by atoms with van der Waals surface area (Å²) in [5.74, 6) is 0.553. The number of hydrogen-bond acceptors (Lipinski definition) is 4. The molecule has 2 heterocycles. The number of thiophene rings is 1. The van der Waals surface area contributed by atoms with E-state index in [1.165, 1.54) is 30.6 Å². The van der Waals surface area contributed by atoms with Crippen molar-refractivity contribution in [3.05, 3.63) is 34.3 Å². The maximum absolute atomic E-state index is 12.3. The summed E-state index contributed by atoms with van der Waals surface area (Å²) in [5.41, 5.74) is 1.50. The maximum Gasteiger partial charge on any atom is 0.256 e. The molecule has 0 bridgehead atoms. The van der Waals surface area contributed by atoms with Crippen LogP contribution in [0.1, 0.15) is 53.8 Å². The fourth-order valence-corrected chi connectivity index (χ4v) is 4.11. The van der Waals surface area contributed by atoms with Crippen molar-refractivity contribution in [2.24, 2.45) is 0 Å². The van der Waals surface area contributed by atoms with E-state index < -0.39 is 0 Å². The number of nitrogens with one attached hydrogen (secondary N) is 2. The number of carbonyl (C=O) groups is 1. The monoisotopic (exact) mass is 330 g/mol. The van der Waals surface area contributed by atoms with Gasteiger partial charge in [-0.1, -0.05) is 6.42 Å². The van der Waals surface area contributed by atoms with Crippen LogP contribution in [0.5, 0.6) is 0 Å². The predicted molar refractivity (Wildman–Crippen MR) is 92.1 cm³/mol. The smallest absolute Gasteiger partial charge is 0.256 e. The average molecular weight is 330 g/mol. The van der Waals surface area contributed by atoms with Crippen molar-refractivity contribution >= 4 is 22.9 Å². The lowest BCUT2D eigenvalue weighted by atomic mass is 9.93. The van der Waals surface area contributed by atoms with Gasteiger partial charge in [0.25, 0.3) is 5.91 Å². The lowest BCUT2D eigenvalue weighted by molar-refractivity contribution is 0.102. The molecule has 1 amide bonds. The molecular formula is C17H22N4OS. The van der Waals surface area contributed by atoms with Crippen molar-refractivity contribution in [3.63, 3.8) is 0 Å². The zero-order valence-corrected chi connectivity index (χ0v) is 14.1. The molecule has 0 radical (unpaired) electrons. The van der Waals surface area contributed by atoms with Crippen molar-refractivity contribution in [3.8, 4) is 0 Å². The maximum atomic E-state index is 12.3. The van der Waals surface area contributed by atoms with Gasteiger partial charge in [-0.25, -0.2) is 0 Å². The quantitative estimate of drug-likeness (QED) is 0.855. The van der Waals surface area contributed by atoms with Gasteiger partial charge >= 0.3 is 0 Å². The van der Waals surface area contributed by atoms with E-state index in [-0.39, 0.29) is 5.91 Å². The SMILES string of the molecule is CCn1cc(NC(=O)c2csc(C3CC3NC3CCC3)c2)cn1. The van der Waals surface area contributed by atoms with Gasteiger partial charge in [-0.15, -0.1) is 11.3 Å². The van der Waals surface area contributed by atoms with Crippen LogP contribution in [-0.2, 0) is 6.54 Å². The molecule has 5 nitrogen and oxygen atoms in total.